The van der Waals surface area contributed by atoms with Gasteiger partial charge in [0.25, 0.3) is 11.8 Å². The Morgan fingerprint density at radius 2 is 1.63 bits per heavy atom. The maximum Gasteiger partial charge on any atom is 0.327 e. The van der Waals surface area contributed by atoms with E-state index in [1.807, 2.05) is 68.5 Å². The first-order valence-electron chi connectivity index (χ1n) is 15.6. The molecule has 6 rings (SSSR count). The zero-order valence-corrected chi connectivity index (χ0v) is 28.3. The Labute approximate surface area is 277 Å². The monoisotopic (exact) mass is 680 g/mol. The third-order valence-corrected chi connectivity index (χ3v) is 8.86. The molecule has 1 unspecified atom stereocenters. The Kier molecular flexibility index (Phi) is 8.46. The Morgan fingerprint density at radius 1 is 0.957 bits per heavy atom. The lowest BCUT2D eigenvalue weighted by molar-refractivity contribution is -0.136. The first-order chi connectivity index (χ1) is 22.0. The van der Waals surface area contributed by atoms with Crippen molar-refractivity contribution in [1.29, 1.82) is 0 Å². The number of hydrogen-bond acceptors (Lipinski definition) is 7. The SMILES string of the molecule is CCCCN1C(=O)c2cccc3c(N4N=C(c5ccc(OC(=O)C(C)(C)Br)cc5)CC4c4ccc(N(C)C)cc4)ccc(c23)C1=O. The number of ether oxygens (including phenoxy) is 1. The van der Waals surface area contributed by atoms with Crippen molar-refractivity contribution < 1.29 is 19.1 Å². The van der Waals surface area contributed by atoms with Gasteiger partial charge in [-0.1, -0.05) is 53.5 Å². The van der Waals surface area contributed by atoms with Gasteiger partial charge in [0.15, 0.2) is 0 Å². The number of halogens is 1. The van der Waals surface area contributed by atoms with Crippen LogP contribution in [0.3, 0.4) is 0 Å². The minimum Gasteiger partial charge on any atom is -0.426 e. The van der Waals surface area contributed by atoms with E-state index in [0.717, 1.165) is 46.4 Å². The molecule has 0 spiro atoms. The van der Waals surface area contributed by atoms with Crippen molar-refractivity contribution in [3.63, 3.8) is 0 Å². The molecule has 2 aliphatic rings. The zero-order valence-electron chi connectivity index (χ0n) is 26.7. The van der Waals surface area contributed by atoms with Gasteiger partial charge in [0.2, 0.25) is 0 Å². The predicted octanol–water partition coefficient (Wildman–Crippen LogP) is 7.74. The van der Waals surface area contributed by atoms with Gasteiger partial charge in [-0.05, 0) is 86.0 Å². The van der Waals surface area contributed by atoms with E-state index in [0.29, 0.717) is 35.2 Å². The summed E-state index contributed by atoms with van der Waals surface area (Å²) in [5, 5.41) is 8.67. The number of carbonyl (C=O) groups is 3. The Balaban J connectivity index is 1.42. The molecule has 0 bridgehead atoms. The van der Waals surface area contributed by atoms with Gasteiger partial charge in [-0.25, -0.2) is 0 Å². The van der Waals surface area contributed by atoms with E-state index in [2.05, 4.69) is 45.1 Å². The molecule has 2 amide bonds. The molecule has 46 heavy (non-hydrogen) atoms. The molecule has 0 N–H and O–H groups in total. The summed E-state index contributed by atoms with van der Waals surface area (Å²) in [6.07, 6.45) is 2.28. The van der Waals surface area contributed by atoms with Crippen molar-refractivity contribution in [3.8, 4) is 5.75 Å². The minimum absolute atomic E-state index is 0.133. The number of alkyl halides is 1. The quantitative estimate of drug-likeness (QED) is 0.0779. The molecule has 4 aromatic carbocycles. The van der Waals surface area contributed by atoms with Gasteiger partial charge in [0.1, 0.15) is 10.1 Å². The highest BCUT2D eigenvalue weighted by Crippen LogP contribution is 2.43. The molecule has 4 aromatic rings. The molecule has 8 nitrogen and oxygen atoms in total. The highest BCUT2D eigenvalue weighted by Gasteiger charge is 2.36. The van der Waals surface area contributed by atoms with Crippen LogP contribution in [0.4, 0.5) is 11.4 Å². The van der Waals surface area contributed by atoms with Crippen LogP contribution in [0.2, 0.25) is 0 Å². The summed E-state index contributed by atoms with van der Waals surface area (Å²) in [5.41, 5.74) is 5.87. The number of hydrazone groups is 1. The van der Waals surface area contributed by atoms with Crippen LogP contribution in [-0.4, -0.2) is 53.4 Å². The summed E-state index contributed by atoms with van der Waals surface area (Å²) in [6, 6.07) is 25.1. The number of imide groups is 1. The second-order valence-electron chi connectivity index (χ2n) is 12.5. The number of benzene rings is 4. The third kappa shape index (κ3) is 5.80. The van der Waals surface area contributed by atoms with E-state index in [1.54, 1.807) is 26.0 Å². The normalized spacial score (nSPS) is 16.2. The van der Waals surface area contributed by atoms with Crippen molar-refractivity contribution in [2.75, 3.05) is 30.5 Å². The van der Waals surface area contributed by atoms with Crippen LogP contribution in [-0.2, 0) is 4.79 Å². The average Bonchev–Trinajstić information content (AvgIpc) is 3.48. The minimum atomic E-state index is -0.793. The van der Waals surface area contributed by atoms with Crippen LogP contribution < -0.4 is 14.6 Å². The standard InChI is InChI=1S/C37H37BrN4O4/c1-6-7-21-41-34(43)28-10-8-9-27-31(20-19-29(33(27)28)35(41)44)42-32(24-11-15-25(16-12-24)40(4)5)22-30(39-42)23-13-17-26(18-14-23)46-36(45)37(2,3)38/h8-20,32H,6-7,21-22H2,1-5H3. The summed E-state index contributed by atoms with van der Waals surface area (Å²) in [6.45, 7) is 5.94. The summed E-state index contributed by atoms with van der Waals surface area (Å²) < 4.78 is 4.75. The molecule has 0 saturated carbocycles. The van der Waals surface area contributed by atoms with Crippen LogP contribution in [0.25, 0.3) is 10.8 Å². The lowest BCUT2D eigenvalue weighted by Gasteiger charge is -2.30. The number of carbonyl (C=O) groups excluding carboxylic acids is 3. The number of amides is 2. The number of rotatable bonds is 9. The molecule has 236 valence electrons. The molecule has 9 heteroatoms. The smallest absolute Gasteiger partial charge is 0.327 e. The zero-order chi connectivity index (χ0) is 32.7. The fraction of sp³-hybridized carbons (Fsp3) is 0.297. The third-order valence-electron chi connectivity index (χ3n) is 8.54. The van der Waals surface area contributed by atoms with Crippen molar-refractivity contribution in [2.24, 2.45) is 5.10 Å². The molecule has 0 aromatic heterocycles. The number of hydrogen-bond donors (Lipinski definition) is 0. The van der Waals surface area contributed by atoms with Crippen molar-refractivity contribution in [3.05, 3.63) is 101 Å². The largest absolute Gasteiger partial charge is 0.426 e. The molecule has 0 fully saturated rings. The van der Waals surface area contributed by atoms with Gasteiger partial charge in [-0.2, -0.15) is 5.10 Å². The fourth-order valence-corrected chi connectivity index (χ4v) is 6.04. The summed E-state index contributed by atoms with van der Waals surface area (Å²) in [7, 11) is 4.03. The Hall–Kier alpha value is -4.50. The lowest BCUT2D eigenvalue weighted by Crippen LogP contribution is -2.40. The van der Waals surface area contributed by atoms with E-state index in [-0.39, 0.29) is 23.8 Å². The predicted molar refractivity (Wildman–Crippen MR) is 186 cm³/mol. The number of unbranched alkanes of at least 4 members (excludes halogenated alkanes) is 1. The average molecular weight is 682 g/mol. The Bertz CT molecular complexity index is 1840. The first-order valence-corrected chi connectivity index (χ1v) is 16.3. The van der Waals surface area contributed by atoms with Crippen LogP contribution in [0.15, 0.2) is 84.0 Å². The maximum absolute atomic E-state index is 13.5. The van der Waals surface area contributed by atoms with Crippen molar-refractivity contribution in [2.45, 2.75) is 50.4 Å². The lowest BCUT2D eigenvalue weighted by atomic mass is 9.92. The number of esters is 1. The van der Waals surface area contributed by atoms with Gasteiger partial charge in [-0.15, -0.1) is 0 Å². The van der Waals surface area contributed by atoms with Crippen LogP contribution >= 0.6 is 15.9 Å². The number of nitrogens with zero attached hydrogens (tertiary/aromatic N) is 4. The molecule has 0 saturated heterocycles. The molecule has 1 atom stereocenters. The first kappa shape index (κ1) is 31.5. The second kappa shape index (κ2) is 12.4. The van der Waals surface area contributed by atoms with E-state index >= 15 is 0 Å². The van der Waals surface area contributed by atoms with Gasteiger partial charge in [-0.3, -0.25) is 24.3 Å². The van der Waals surface area contributed by atoms with E-state index in [9.17, 15) is 14.4 Å². The number of anilines is 2. The highest BCUT2D eigenvalue weighted by atomic mass is 79.9. The molecule has 2 aliphatic heterocycles. The molecule has 2 heterocycles. The summed E-state index contributed by atoms with van der Waals surface area (Å²) in [5.74, 6) is -0.420. The van der Waals surface area contributed by atoms with Crippen LogP contribution in [0, 0.1) is 0 Å². The van der Waals surface area contributed by atoms with Gasteiger partial charge in [0, 0.05) is 54.6 Å². The summed E-state index contributed by atoms with van der Waals surface area (Å²) in [4.78, 5) is 42.9. The molecule has 0 radical (unpaired) electrons. The highest BCUT2D eigenvalue weighted by molar-refractivity contribution is 9.10. The van der Waals surface area contributed by atoms with E-state index in [1.165, 1.54) is 4.90 Å². The van der Waals surface area contributed by atoms with Gasteiger partial charge >= 0.3 is 5.97 Å². The molecular weight excluding hydrogens is 644 g/mol. The van der Waals surface area contributed by atoms with Crippen molar-refractivity contribution in [1.82, 2.24) is 4.90 Å². The van der Waals surface area contributed by atoms with Gasteiger partial charge in [0.05, 0.1) is 17.4 Å². The second-order valence-corrected chi connectivity index (χ2v) is 14.4. The molecule has 0 aliphatic carbocycles. The molecular formula is C37H37BrN4O4. The van der Waals surface area contributed by atoms with E-state index in [4.69, 9.17) is 9.84 Å². The fourth-order valence-electron chi connectivity index (χ4n) is 5.95. The Morgan fingerprint density at radius 3 is 2.26 bits per heavy atom. The maximum atomic E-state index is 13.5. The van der Waals surface area contributed by atoms with E-state index < -0.39 is 4.32 Å². The van der Waals surface area contributed by atoms with Crippen LogP contribution in [0.5, 0.6) is 5.75 Å². The van der Waals surface area contributed by atoms with Crippen LogP contribution in [0.1, 0.15) is 77.9 Å². The summed E-state index contributed by atoms with van der Waals surface area (Å²) >= 11 is 3.35. The van der Waals surface area contributed by atoms with Crippen molar-refractivity contribution >= 4 is 61.6 Å². The van der Waals surface area contributed by atoms with Gasteiger partial charge < -0.3 is 9.64 Å². The topological polar surface area (TPSA) is 82.5 Å².